The molecule has 0 N–H and O–H groups in total. The van der Waals surface area contributed by atoms with Gasteiger partial charge in [0.15, 0.2) is 0 Å². The third-order valence-electron chi connectivity index (χ3n) is 5.97. The molecule has 0 amide bonds. The zero-order valence-electron chi connectivity index (χ0n) is 16.3. The first kappa shape index (κ1) is 16.9. The van der Waals surface area contributed by atoms with Crippen LogP contribution >= 0.6 is 0 Å². The molecule has 0 fully saturated rings. The highest BCUT2D eigenvalue weighted by atomic mass is 14.7. The molecule has 136 valence electrons. The summed E-state index contributed by atoms with van der Waals surface area (Å²) in [4.78, 5) is 4.44. The summed E-state index contributed by atoms with van der Waals surface area (Å²) >= 11 is 0. The second-order valence-corrected chi connectivity index (χ2v) is 8.14. The van der Waals surface area contributed by atoms with Crippen LogP contribution < -0.4 is 0 Å². The number of nitrogens with zero attached hydrogens (tertiary/aromatic N) is 1. The molecule has 1 aromatic heterocycles. The Morgan fingerprint density at radius 2 is 1.39 bits per heavy atom. The number of rotatable bonds is 3. The van der Waals surface area contributed by atoms with Crippen molar-refractivity contribution in [2.75, 3.05) is 0 Å². The van der Waals surface area contributed by atoms with E-state index < -0.39 is 0 Å². The molecule has 0 bridgehead atoms. The summed E-state index contributed by atoms with van der Waals surface area (Å²) in [6.45, 7) is 4.67. The van der Waals surface area contributed by atoms with Crippen LogP contribution in [0.2, 0.25) is 0 Å². The monoisotopic (exact) mass is 361 g/mol. The van der Waals surface area contributed by atoms with Gasteiger partial charge in [0.05, 0.1) is 5.69 Å². The van der Waals surface area contributed by atoms with E-state index in [1.807, 2.05) is 18.3 Å². The number of aromatic nitrogens is 1. The van der Waals surface area contributed by atoms with Crippen LogP contribution in [-0.2, 0) is 11.8 Å². The second kappa shape index (κ2) is 6.45. The molecule has 0 radical (unpaired) electrons. The summed E-state index contributed by atoms with van der Waals surface area (Å²) in [5.74, 6) is 0. The predicted molar refractivity (Wildman–Crippen MR) is 116 cm³/mol. The van der Waals surface area contributed by atoms with Crippen molar-refractivity contribution in [3.63, 3.8) is 0 Å². The lowest BCUT2D eigenvalue weighted by atomic mass is 9.81. The van der Waals surface area contributed by atoms with Crippen LogP contribution in [0.15, 0.2) is 91.1 Å². The van der Waals surface area contributed by atoms with Crippen molar-refractivity contribution in [3.05, 3.63) is 113 Å². The highest BCUT2D eigenvalue weighted by Gasteiger charge is 2.34. The van der Waals surface area contributed by atoms with Crippen molar-refractivity contribution in [1.82, 2.24) is 4.98 Å². The maximum atomic E-state index is 4.44. The minimum atomic E-state index is 0.0603. The van der Waals surface area contributed by atoms with Crippen molar-refractivity contribution in [2.24, 2.45) is 0 Å². The molecular weight excluding hydrogens is 338 g/mol. The molecule has 5 rings (SSSR count). The SMILES string of the molecule is CC1(C)c2ccccc2-c2ccc(Cc3ccc(-c4ccccn4)cc3)cc21. The molecule has 1 aliphatic carbocycles. The zero-order valence-corrected chi connectivity index (χ0v) is 16.3. The lowest BCUT2D eigenvalue weighted by Crippen LogP contribution is -2.15. The molecule has 1 nitrogen and oxygen atoms in total. The van der Waals surface area contributed by atoms with E-state index in [1.165, 1.54) is 33.4 Å². The molecule has 28 heavy (non-hydrogen) atoms. The Bertz CT molecular complexity index is 1140. The minimum Gasteiger partial charge on any atom is -0.256 e. The quantitative estimate of drug-likeness (QED) is 0.398. The average molecular weight is 361 g/mol. The largest absolute Gasteiger partial charge is 0.256 e. The van der Waals surface area contributed by atoms with Gasteiger partial charge in [0, 0.05) is 17.2 Å². The van der Waals surface area contributed by atoms with Crippen molar-refractivity contribution < 1.29 is 0 Å². The van der Waals surface area contributed by atoms with Gasteiger partial charge in [-0.2, -0.15) is 0 Å². The fraction of sp³-hybridized carbons (Fsp3) is 0.148. The van der Waals surface area contributed by atoms with Crippen LogP contribution in [0.25, 0.3) is 22.4 Å². The smallest absolute Gasteiger partial charge is 0.0701 e. The summed E-state index contributed by atoms with van der Waals surface area (Å²) in [5, 5.41) is 0. The van der Waals surface area contributed by atoms with Gasteiger partial charge in [-0.3, -0.25) is 4.98 Å². The van der Waals surface area contributed by atoms with E-state index in [0.717, 1.165) is 17.7 Å². The molecule has 0 atom stereocenters. The molecule has 1 aliphatic rings. The molecule has 3 aromatic carbocycles. The van der Waals surface area contributed by atoms with E-state index in [9.17, 15) is 0 Å². The van der Waals surface area contributed by atoms with Crippen molar-refractivity contribution in [3.8, 4) is 22.4 Å². The number of pyridine rings is 1. The van der Waals surface area contributed by atoms with Crippen molar-refractivity contribution in [1.29, 1.82) is 0 Å². The maximum Gasteiger partial charge on any atom is 0.0701 e. The number of fused-ring (bicyclic) bond motifs is 3. The molecule has 4 aromatic rings. The van der Waals surface area contributed by atoms with E-state index in [4.69, 9.17) is 0 Å². The second-order valence-electron chi connectivity index (χ2n) is 8.14. The Kier molecular flexibility index (Phi) is 3.91. The van der Waals surface area contributed by atoms with Gasteiger partial charge in [-0.05, 0) is 51.9 Å². The molecule has 0 saturated carbocycles. The fourth-order valence-electron chi connectivity index (χ4n) is 4.42. The van der Waals surface area contributed by atoms with Gasteiger partial charge in [0.25, 0.3) is 0 Å². The topological polar surface area (TPSA) is 12.9 Å². The standard InChI is InChI=1S/C27H23N/c1-27(2)24-8-4-3-7-22(24)23-15-12-20(18-25(23)27)17-19-10-13-21(14-11-19)26-9-5-6-16-28-26/h3-16,18H,17H2,1-2H3. The first-order valence-electron chi connectivity index (χ1n) is 9.86. The van der Waals surface area contributed by atoms with E-state index in [-0.39, 0.29) is 5.41 Å². The fourth-order valence-corrected chi connectivity index (χ4v) is 4.42. The Labute approximate surface area is 166 Å². The summed E-state index contributed by atoms with van der Waals surface area (Å²) in [5.41, 5.74) is 10.6. The Morgan fingerprint density at radius 1 is 0.679 bits per heavy atom. The van der Waals surface area contributed by atoms with Crippen LogP contribution in [0.1, 0.15) is 36.1 Å². The van der Waals surface area contributed by atoms with Gasteiger partial charge in [-0.1, -0.05) is 86.6 Å². The van der Waals surface area contributed by atoms with Gasteiger partial charge < -0.3 is 0 Å². The molecule has 0 aliphatic heterocycles. The average Bonchev–Trinajstić information content (AvgIpc) is 2.97. The number of benzene rings is 3. The van der Waals surface area contributed by atoms with Crippen LogP contribution in [-0.4, -0.2) is 4.98 Å². The minimum absolute atomic E-state index is 0.0603. The van der Waals surface area contributed by atoms with E-state index in [1.54, 1.807) is 0 Å². The predicted octanol–water partition coefficient (Wildman–Crippen LogP) is 6.65. The lowest BCUT2D eigenvalue weighted by Gasteiger charge is -2.22. The summed E-state index contributed by atoms with van der Waals surface area (Å²) in [6.07, 6.45) is 2.79. The first-order chi connectivity index (χ1) is 13.6. The first-order valence-corrected chi connectivity index (χ1v) is 9.86. The Morgan fingerprint density at radius 3 is 2.18 bits per heavy atom. The zero-order chi connectivity index (χ0) is 19.1. The number of hydrogen-bond acceptors (Lipinski definition) is 1. The van der Waals surface area contributed by atoms with Gasteiger partial charge in [0.2, 0.25) is 0 Å². The number of hydrogen-bond donors (Lipinski definition) is 0. The Hall–Kier alpha value is -3.19. The molecule has 1 heteroatoms. The third-order valence-corrected chi connectivity index (χ3v) is 5.97. The molecule has 0 unspecified atom stereocenters. The van der Waals surface area contributed by atoms with Crippen LogP contribution in [0.4, 0.5) is 0 Å². The third kappa shape index (κ3) is 2.75. The normalized spacial score (nSPS) is 13.8. The van der Waals surface area contributed by atoms with Gasteiger partial charge in [0.1, 0.15) is 0 Å². The lowest BCUT2D eigenvalue weighted by molar-refractivity contribution is 0.659. The highest BCUT2D eigenvalue weighted by molar-refractivity contribution is 5.80. The van der Waals surface area contributed by atoms with Gasteiger partial charge in [-0.15, -0.1) is 0 Å². The van der Waals surface area contributed by atoms with Crippen LogP contribution in [0.3, 0.4) is 0 Å². The van der Waals surface area contributed by atoms with Crippen LogP contribution in [0.5, 0.6) is 0 Å². The molecule has 0 spiro atoms. The maximum absolute atomic E-state index is 4.44. The summed E-state index contributed by atoms with van der Waals surface area (Å²) in [6, 6.07) is 30.6. The van der Waals surface area contributed by atoms with Gasteiger partial charge in [-0.25, -0.2) is 0 Å². The summed E-state index contributed by atoms with van der Waals surface area (Å²) < 4.78 is 0. The highest BCUT2D eigenvalue weighted by Crippen LogP contribution is 2.48. The van der Waals surface area contributed by atoms with E-state index in [0.29, 0.717) is 0 Å². The molecular formula is C27H23N. The van der Waals surface area contributed by atoms with Gasteiger partial charge >= 0.3 is 0 Å². The Balaban J connectivity index is 1.44. The molecule has 0 saturated heterocycles. The van der Waals surface area contributed by atoms with Crippen molar-refractivity contribution >= 4 is 0 Å². The molecule has 1 heterocycles. The van der Waals surface area contributed by atoms with Crippen molar-refractivity contribution in [2.45, 2.75) is 25.7 Å². The van der Waals surface area contributed by atoms with E-state index in [2.05, 4.69) is 91.6 Å². The van der Waals surface area contributed by atoms with Crippen LogP contribution in [0, 0.1) is 0 Å². The summed E-state index contributed by atoms with van der Waals surface area (Å²) in [7, 11) is 0. The van der Waals surface area contributed by atoms with E-state index >= 15 is 0 Å².